The summed E-state index contributed by atoms with van der Waals surface area (Å²) in [6.07, 6.45) is -0.574. The summed E-state index contributed by atoms with van der Waals surface area (Å²) < 4.78 is 5.22. The molecule has 1 aromatic rings. The Morgan fingerprint density at radius 1 is 1.26 bits per heavy atom. The van der Waals surface area contributed by atoms with Crippen LogP contribution in [-0.4, -0.2) is 46.8 Å². The summed E-state index contributed by atoms with van der Waals surface area (Å²) in [5, 5.41) is 12.1. The predicted molar refractivity (Wildman–Crippen MR) is 86.0 cm³/mol. The van der Waals surface area contributed by atoms with Crippen molar-refractivity contribution in [2.75, 3.05) is 13.1 Å². The number of benzene rings is 1. The number of carbonyl (C=O) groups excluding carboxylic acids is 1. The monoisotopic (exact) mass is 320 g/mol. The van der Waals surface area contributed by atoms with Crippen LogP contribution in [0.2, 0.25) is 0 Å². The highest BCUT2D eigenvalue weighted by Gasteiger charge is 2.39. The predicted octanol–water partition coefficient (Wildman–Crippen LogP) is 2.10. The van der Waals surface area contributed by atoms with E-state index in [2.05, 4.69) is 5.32 Å². The van der Waals surface area contributed by atoms with Crippen LogP contribution in [0.25, 0.3) is 0 Å². The molecule has 0 saturated carbocycles. The number of amides is 1. The van der Waals surface area contributed by atoms with Gasteiger partial charge in [0.05, 0.1) is 12.0 Å². The average molecular weight is 320 g/mol. The number of rotatable bonds is 4. The van der Waals surface area contributed by atoms with E-state index in [0.717, 1.165) is 5.56 Å². The summed E-state index contributed by atoms with van der Waals surface area (Å²) >= 11 is 0. The number of carboxylic acid groups (broad SMARTS) is 1. The van der Waals surface area contributed by atoms with Crippen molar-refractivity contribution in [3.63, 3.8) is 0 Å². The summed E-state index contributed by atoms with van der Waals surface area (Å²) in [6, 6.07) is 9.41. The highest BCUT2D eigenvalue weighted by atomic mass is 16.6. The molecule has 1 aliphatic rings. The minimum Gasteiger partial charge on any atom is -0.481 e. The standard InChI is InChI=1S/C17H24N2O4/c1-17(2,3)23-16(22)18-14-11-19(10-13(14)15(20)21)9-12-7-5-4-6-8-12/h4-8,13-14H,9-11H2,1-3H3,(H,18,22)(H,20,21)/t13-,14+/m0/s1. The Balaban J connectivity index is 1.98. The highest BCUT2D eigenvalue weighted by Crippen LogP contribution is 2.20. The Morgan fingerprint density at radius 2 is 1.91 bits per heavy atom. The molecule has 0 aliphatic carbocycles. The van der Waals surface area contributed by atoms with E-state index in [1.54, 1.807) is 20.8 Å². The van der Waals surface area contributed by atoms with E-state index >= 15 is 0 Å². The number of carboxylic acids is 1. The molecule has 0 unspecified atom stereocenters. The van der Waals surface area contributed by atoms with Crippen molar-refractivity contribution in [1.82, 2.24) is 10.2 Å². The Labute approximate surface area is 136 Å². The van der Waals surface area contributed by atoms with Gasteiger partial charge in [0.25, 0.3) is 0 Å². The molecule has 1 heterocycles. The first-order chi connectivity index (χ1) is 10.7. The lowest BCUT2D eigenvalue weighted by Gasteiger charge is -2.23. The Morgan fingerprint density at radius 3 is 2.48 bits per heavy atom. The van der Waals surface area contributed by atoms with Gasteiger partial charge in [-0.15, -0.1) is 0 Å². The quantitative estimate of drug-likeness (QED) is 0.888. The highest BCUT2D eigenvalue weighted by molar-refractivity contribution is 5.74. The molecule has 1 saturated heterocycles. The first kappa shape index (κ1) is 17.3. The largest absolute Gasteiger partial charge is 0.481 e. The molecule has 6 heteroatoms. The first-order valence-corrected chi connectivity index (χ1v) is 7.73. The van der Waals surface area contributed by atoms with Crippen LogP contribution in [0.4, 0.5) is 4.79 Å². The molecule has 2 atom stereocenters. The fourth-order valence-corrected chi connectivity index (χ4v) is 2.71. The molecule has 2 rings (SSSR count). The van der Waals surface area contributed by atoms with Gasteiger partial charge in [0.2, 0.25) is 0 Å². The maximum absolute atomic E-state index is 11.9. The summed E-state index contributed by atoms with van der Waals surface area (Å²) in [6.45, 7) is 6.89. The van der Waals surface area contributed by atoms with Gasteiger partial charge in [0, 0.05) is 19.6 Å². The van der Waals surface area contributed by atoms with Crippen LogP contribution in [0.1, 0.15) is 26.3 Å². The zero-order valence-electron chi connectivity index (χ0n) is 13.8. The summed E-state index contributed by atoms with van der Waals surface area (Å²) in [5.41, 5.74) is 0.514. The summed E-state index contributed by atoms with van der Waals surface area (Å²) in [4.78, 5) is 25.4. The van der Waals surface area contributed by atoms with E-state index in [4.69, 9.17) is 4.74 Å². The SMILES string of the molecule is CC(C)(C)OC(=O)N[C@@H]1CN(Cc2ccccc2)C[C@@H]1C(=O)O. The summed E-state index contributed by atoms with van der Waals surface area (Å²) in [7, 11) is 0. The minimum absolute atomic E-state index is 0.407. The van der Waals surface area contributed by atoms with Gasteiger partial charge in [-0.3, -0.25) is 9.69 Å². The van der Waals surface area contributed by atoms with Gasteiger partial charge in [-0.2, -0.15) is 0 Å². The average Bonchev–Trinajstić information content (AvgIpc) is 2.80. The van der Waals surface area contributed by atoms with Crippen LogP contribution in [0, 0.1) is 5.92 Å². The van der Waals surface area contributed by atoms with Crippen LogP contribution in [0.3, 0.4) is 0 Å². The zero-order valence-corrected chi connectivity index (χ0v) is 13.8. The van der Waals surface area contributed by atoms with E-state index in [0.29, 0.717) is 19.6 Å². The van der Waals surface area contributed by atoms with E-state index in [9.17, 15) is 14.7 Å². The second kappa shape index (κ2) is 7.00. The topological polar surface area (TPSA) is 78.9 Å². The maximum Gasteiger partial charge on any atom is 0.407 e. The van der Waals surface area contributed by atoms with Crippen molar-refractivity contribution in [3.05, 3.63) is 35.9 Å². The van der Waals surface area contributed by atoms with Crippen molar-refractivity contribution >= 4 is 12.1 Å². The molecular formula is C17H24N2O4. The molecule has 1 amide bonds. The van der Waals surface area contributed by atoms with Crippen LogP contribution in [0.15, 0.2) is 30.3 Å². The van der Waals surface area contributed by atoms with E-state index in [1.807, 2.05) is 35.2 Å². The lowest BCUT2D eigenvalue weighted by atomic mass is 10.0. The van der Waals surface area contributed by atoms with Gasteiger partial charge in [-0.1, -0.05) is 30.3 Å². The molecule has 1 aliphatic heterocycles. The Bertz CT molecular complexity index is 553. The van der Waals surface area contributed by atoms with Crippen LogP contribution < -0.4 is 5.32 Å². The smallest absolute Gasteiger partial charge is 0.407 e. The molecule has 23 heavy (non-hydrogen) atoms. The molecule has 0 aromatic heterocycles. The number of hydrogen-bond donors (Lipinski definition) is 2. The van der Waals surface area contributed by atoms with Crippen molar-refractivity contribution in [2.45, 2.75) is 39.0 Å². The van der Waals surface area contributed by atoms with Gasteiger partial charge < -0.3 is 15.2 Å². The molecule has 1 aromatic carbocycles. The number of carbonyl (C=O) groups is 2. The van der Waals surface area contributed by atoms with Crippen LogP contribution >= 0.6 is 0 Å². The third kappa shape index (κ3) is 5.25. The Hall–Kier alpha value is -2.08. The zero-order chi connectivity index (χ0) is 17.0. The van der Waals surface area contributed by atoms with Crippen molar-refractivity contribution in [2.24, 2.45) is 5.92 Å². The molecule has 6 nitrogen and oxygen atoms in total. The number of hydrogen-bond acceptors (Lipinski definition) is 4. The first-order valence-electron chi connectivity index (χ1n) is 7.73. The van der Waals surface area contributed by atoms with E-state index in [-0.39, 0.29) is 0 Å². The lowest BCUT2D eigenvalue weighted by Crippen LogP contribution is -2.45. The minimum atomic E-state index is -0.901. The van der Waals surface area contributed by atoms with E-state index < -0.39 is 29.6 Å². The van der Waals surface area contributed by atoms with Gasteiger partial charge in [-0.05, 0) is 26.3 Å². The third-order valence-electron chi connectivity index (χ3n) is 3.66. The third-order valence-corrected chi connectivity index (χ3v) is 3.66. The van der Waals surface area contributed by atoms with Gasteiger partial charge in [-0.25, -0.2) is 4.79 Å². The number of aliphatic carboxylic acids is 1. The lowest BCUT2D eigenvalue weighted by molar-refractivity contribution is -0.141. The molecule has 126 valence electrons. The maximum atomic E-state index is 11.9. The number of alkyl carbamates (subject to hydrolysis) is 1. The van der Waals surface area contributed by atoms with Crippen molar-refractivity contribution in [3.8, 4) is 0 Å². The molecule has 2 N–H and O–H groups in total. The van der Waals surface area contributed by atoms with Crippen LogP contribution in [-0.2, 0) is 16.1 Å². The van der Waals surface area contributed by atoms with Crippen molar-refractivity contribution in [1.29, 1.82) is 0 Å². The number of nitrogens with zero attached hydrogens (tertiary/aromatic N) is 1. The molecule has 0 radical (unpaired) electrons. The van der Waals surface area contributed by atoms with Gasteiger partial charge in [0.1, 0.15) is 5.60 Å². The second-order valence-electron chi connectivity index (χ2n) is 6.88. The summed E-state index contributed by atoms with van der Waals surface area (Å²) in [5.74, 6) is -1.53. The van der Waals surface area contributed by atoms with Gasteiger partial charge >= 0.3 is 12.1 Å². The normalized spacial score (nSPS) is 21.9. The molecule has 0 spiro atoms. The fourth-order valence-electron chi connectivity index (χ4n) is 2.71. The van der Waals surface area contributed by atoms with Crippen molar-refractivity contribution < 1.29 is 19.4 Å². The number of likely N-dealkylation sites (tertiary alicyclic amines) is 1. The Kier molecular flexibility index (Phi) is 5.26. The molecular weight excluding hydrogens is 296 g/mol. The van der Waals surface area contributed by atoms with E-state index in [1.165, 1.54) is 0 Å². The molecule has 1 fully saturated rings. The fraction of sp³-hybridized carbons (Fsp3) is 0.529. The van der Waals surface area contributed by atoms with Crippen LogP contribution in [0.5, 0.6) is 0 Å². The molecule has 0 bridgehead atoms. The second-order valence-corrected chi connectivity index (χ2v) is 6.88. The number of ether oxygens (including phenoxy) is 1. The number of nitrogens with one attached hydrogen (secondary N) is 1. The van der Waals surface area contributed by atoms with Gasteiger partial charge in [0.15, 0.2) is 0 Å².